The molecule has 1 atom stereocenters. The van der Waals surface area contributed by atoms with Gasteiger partial charge < -0.3 is 5.73 Å². The van der Waals surface area contributed by atoms with Crippen LogP contribution in [0.25, 0.3) is 0 Å². The first-order chi connectivity index (χ1) is 5.59. The van der Waals surface area contributed by atoms with Gasteiger partial charge in [-0.05, 0) is 62.9 Å². The highest BCUT2D eigenvalue weighted by Crippen LogP contribution is 2.24. The number of nitrogens with two attached hydrogens (primary N) is 1. The van der Waals surface area contributed by atoms with E-state index in [1.54, 1.807) is 0 Å². The van der Waals surface area contributed by atoms with Gasteiger partial charge >= 0.3 is 0 Å². The lowest BCUT2D eigenvalue weighted by molar-refractivity contribution is 0.738. The summed E-state index contributed by atoms with van der Waals surface area (Å²) < 4.78 is 2.16. The van der Waals surface area contributed by atoms with E-state index < -0.39 is 0 Å². The lowest BCUT2D eigenvalue weighted by Gasteiger charge is -2.05. The maximum atomic E-state index is 5.69. The van der Waals surface area contributed by atoms with E-state index >= 15 is 0 Å². The van der Waals surface area contributed by atoms with E-state index in [9.17, 15) is 0 Å². The fraction of sp³-hybridized carbons (Fsp3) is 0.333. The van der Waals surface area contributed by atoms with Gasteiger partial charge in [0.05, 0.1) is 0 Å². The minimum Gasteiger partial charge on any atom is -0.328 e. The third-order valence-electron chi connectivity index (χ3n) is 1.54. The monoisotopic (exact) mass is 291 g/mol. The largest absolute Gasteiger partial charge is 0.328 e. The average Bonchev–Trinajstić information content (AvgIpc) is 1.96. The Balaban J connectivity index is 2.82. The Labute approximate surface area is 89.6 Å². The summed E-state index contributed by atoms with van der Waals surface area (Å²) in [6.07, 6.45) is 0.922. The Morgan fingerprint density at radius 1 is 1.33 bits per heavy atom. The molecule has 1 unspecified atom stereocenters. The van der Waals surface area contributed by atoms with E-state index in [0.29, 0.717) is 0 Å². The van der Waals surface area contributed by atoms with Crippen molar-refractivity contribution in [2.75, 3.05) is 0 Å². The number of halogens is 2. The van der Waals surface area contributed by atoms with Crippen molar-refractivity contribution in [2.24, 2.45) is 5.73 Å². The van der Waals surface area contributed by atoms with Crippen LogP contribution in [0.5, 0.6) is 0 Å². The first kappa shape index (κ1) is 10.2. The molecule has 2 N–H and O–H groups in total. The highest BCUT2D eigenvalue weighted by atomic mass is 79.9. The standard InChI is InChI=1S/C9H11Br2N/c1-6(12)4-7-2-3-8(10)9(11)5-7/h2-3,5-6H,4,12H2,1H3. The molecule has 1 rings (SSSR count). The lowest BCUT2D eigenvalue weighted by Crippen LogP contribution is -2.17. The molecule has 0 spiro atoms. The normalized spacial score (nSPS) is 13.0. The molecule has 0 amide bonds. The number of hydrogen-bond donors (Lipinski definition) is 1. The molecule has 1 aromatic carbocycles. The predicted molar refractivity (Wildman–Crippen MR) is 59.2 cm³/mol. The quantitative estimate of drug-likeness (QED) is 0.891. The summed E-state index contributed by atoms with van der Waals surface area (Å²) in [4.78, 5) is 0. The van der Waals surface area contributed by atoms with E-state index in [4.69, 9.17) is 5.73 Å². The number of rotatable bonds is 2. The molecule has 0 radical (unpaired) electrons. The van der Waals surface area contributed by atoms with Gasteiger partial charge in [0.1, 0.15) is 0 Å². The fourth-order valence-corrected chi connectivity index (χ4v) is 1.71. The van der Waals surface area contributed by atoms with E-state index in [0.717, 1.165) is 15.4 Å². The Bertz CT molecular complexity index is 271. The van der Waals surface area contributed by atoms with Gasteiger partial charge in [-0.2, -0.15) is 0 Å². The molecule has 1 aromatic rings. The molecule has 3 heteroatoms. The van der Waals surface area contributed by atoms with Crippen LogP contribution in [0.4, 0.5) is 0 Å². The zero-order valence-corrected chi connectivity index (χ0v) is 10.0. The molecule has 0 aliphatic carbocycles. The summed E-state index contributed by atoms with van der Waals surface area (Å²) in [6.45, 7) is 2.01. The van der Waals surface area contributed by atoms with Crippen molar-refractivity contribution in [3.05, 3.63) is 32.7 Å². The van der Waals surface area contributed by atoms with Crippen LogP contribution in [0.3, 0.4) is 0 Å². The minimum absolute atomic E-state index is 0.220. The van der Waals surface area contributed by atoms with Crippen LogP contribution < -0.4 is 5.73 Å². The number of hydrogen-bond acceptors (Lipinski definition) is 1. The first-order valence-electron chi connectivity index (χ1n) is 3.79. The molecular formula is C9H11Br2N. The highest BCUT2D eigenvalue weighted by Gasteiger charge is 2.00. The van der Waals surface area contributed by atoms with Gasteiger partial charge in [0.2, 0.25) is 0 Å². The van der Waals surface area contributed by atoms with Crippen molar-refractivity contribution in [1.82, 2.24) is 0 Å². The van der Waals surface area contributed by atoms with E-state index in [1.807, 2.05) is 13.0 Å². The summed E-state index contributed by atoms with van der Waals surface area (Å²) >= 11 is 6.87. The smallest absolute Gasteiger partial charge is 0.0320 e. The van der Waals surface area contributed by atoms with Crippen molar-refractivity contribution in [2.45, 2.75) is 19.4 Å². The predicted octanol–water partition coefficient (Wildman–Crippen LogP) is 3.10. The van der Waals surface area contributed by atoms with Gasteiger partial charge in [-0.25, -0.2) is 0 Å². The van der Waals surface area contributed by atoms with Crippen LogP contribution in [0.15, 0.2) is 27.1 Å². The van der Waals surface area contributed by atoms with E-state index in [-0.39, 0.29) is 6.04 Å². The molecule has 0 aromatic heterocycles. The summed E-state index contributed by atoms with van der Waals surface area (Å²) in [6, 6.07) is 6.42. The molecule has 12 heavy (non-hydrogen) atoms. The Morgan fingerprint density at radius 2 is 2.00 bits per heavy atom. The van der Waals surface area contributed by atoms with Crippen molar-refractivity contribution in [1.29, 1.82) is 0 Å². The molecule has 1 nitrogen and oxygen atoms in total. The van der Waals surface area contributed by atoms with Gasteiger partial charge in [0.15, 0.2) is 0 Å². The lowest BCUT2D eigenvalue weighted by atomic mass is 10.1. The van der Waals surface area contributed by atoms with Crippen LogP contribution in [-0.4, -0.2) is 6.04 Å². The SMILES string of the molecule is CC(N)Cc1ccc(Br)c(Br)c1. The molecule has 66 valence electrons. The summed E-state index contributed by atoms with van der Waals surface area (Å²) in [7, 11) is 0. The Kier molecular flexibility index (Phi) is 3.75. The Hall–Kier alpha value is 0.140. The highest BCUT2D eigenvalue weighted by molar-refractivity contribution is 9.13. The minimum atomic E-state index is 0.220. The van der Waals surface area contributed by atoms with Gasteiger partial charge in [-0.15, -0.1) is 0 Å². The molecule has 0 bridgehead atoms. The van der Waals surface area contributed by atoms with Gasteiger partial charge in [0, 0.05) is 15.0 Å². The van der Waals surface area contributed by atoms with Crippen LogP contribution in [0.1, 0.15) is 12.5 Å². The molecule has 0 fully saturated rings. The summed E-state index contributed by atoms with van der Waals surface area (Å²) in [5.41, 5.74) is 6.95. The topological polar surface area (TPSA) is 26.0 Å². The van der Waals surface area contributed by atoms with Crippen molar-refractivity contribution >= 4 is 31.9 Å². The molecule has 0 heterocycles. The Morgan fingerprint density at radius 3 is 2.50 bits per heavy atom. The maximum Gasteiger partial charge on any atom is 0.0320 e. The van der Waals surface area contributed by atoms with Crippen molar-refractivity contribution in [3.8, 4) is 0 Å². The fourth-order valence-electron chi connectivity index (χ4n) is 1.04. The summed E-state index contributed by atoms with van der Waals surface area (Å²) in [5.74, 6) is 0. The second kappa shape index (κ2) is 4.40. The second-order valence-electron chi connectivity index (χ2n) is 2.93. The molecular weight excluding hydrogens is 282 g/mol. The van der Waals surface area contributed by atoms with Crippen LogP contribution in [0.2, 0.25) is 0 Å². The summed E-state index contributed by atoms with van der Waals surface area (Å²) in [5, 5.41) is 0. The van der Waals surface area contributed by atoms with Crippen molar-refractivity contribution in [3.63, 3.8) is 0 Å². The zero-order valence-electron chi connectivity index (χ0n) is 6.85. The van der Waals surface area contributed by atoms with Crippen molar-refractivity contribution < 1.29 is 0 Å². The van der Waals surface area contributed by atoms with Crippen LogP contribution in [0, 0.1) is 0 Å². The van der Waals surface area contributed by atoms with Gasteiger partial charge in [0.25, 0.3) is 0 Å². The molecule has 0 aliphatic heterocycles. The zero-order chi connectivity index (χ0) is 9.14. The third kappa shape index (κ3) is 2.88. The third-order valence-corrected chi connectivity index (χ3v) is 3.42. The number of benzene rings is 1. The van der Waals surface area contributed by atoms with E-state index in [2.05, 4.69) is 44.0 Å². The van der Waals surface area contributed by atoms with Gasteiger partial charge in [-0.3, -0.25) is 0 Å². The first-order valence-corrected chi connectivity index (χ1v) is 5.37. The van der Waals surface area contributed by atoms with Crippen LogP contribution >= 0.6 is 31.9 Å². The average molecular weight is 293 g/mol. The molecule has 0 aliphatic rings. The van der Waals surface area contributed by atoms with Gasteiger partial charge in [-0.1, -0.05) is 6.07 Å². The maximum absolute atomic E-state index is 5.69. The van der Waals surface area contributed by atoms with Crippen LogP contribution in [-0.2, 0) is 6.42 Å². The molecule has 0 saturated heterocycles. The second-order valence-corrected chi connectivity index (χ2v) is 4.64. The molecule has 0 saturated carbocycles. The van der Waals surface area contributed by atoms with E-state index in [1.165, 1.54) is 5.56 Å².